The first kappa shape index (κ1) is 37.3. The first-order valence-corrected chi connectivity index (χ1v) is 18.3. The second kappa shape index (κ2) is 18.3. The molecule has 2 fully saturated rings. The van der Waals surface area contributed by atoms with Crippen molar-refractivity contribution in [3.8, 4) is 0 Å². The van der Waals surface area contributed by atoms with E-state index >= 15 is 0 Å². The maximum absolute atomic E-state index is 13.7. The number of carbonyl (C=O) groups excluding carboxylic acids is 4. The van der Waals surface area contributed by atoms with Crippen molar-refractivity contribution in [2.24, 2.45) is 5.92 Å². The van der Waals surface area contributed by atoms with E-state index in [4.69, 9.17) is 4.74 Å². The summed E-state index contributed by atoms with van der Waals surface area (Å²) in [5, 5.41) is 5.53. The van der Waals surface area contributed by atoms with E-state index in [2.05, 4.69) is 32.4 Å². The molecule has 0 unspecified atom stereocenters. The molecule has 0 radical (unpaired) electrons. The summed E-state index contributed by atoms with van der Waals surface area (Å²) in [6.45, 7) is 10.8. The minimum atomic E-state index is -0.673. The zero-order chi connectivity index (χ0) is 34.5. The molecule has 1 saturated heterocycles. The number of nitrogens with zero attached hydrogens (tertiary/aromatic N) is 2. The summed E-state index contributed by atoms with van der Waals surface area (Å²) in [6.07, 6.45) is 6.39. The molecule has 11 heteroatoms. The summed E-state index contributed by atoms with van der Waals surface area (Å²) in [6, 6.07) is 17.1. The van der Waals surface area contributed by atoms with Crippen molar-refractivity contribution in [3.05, 3.63) is 65.7 Å². The van der Waals surface area contributed by atoms with Crippen LogP contribution in [0.1, 0.15) is 83.8 Å². The number of ether oxygens (including phenoxy) is 1. The number of benzene rings is 2. The fourth-order valence-corrected chi connectivity index (χ4v) is 7.14. The molecule has 0 aromatic heterocycles. The highest BCUT2D eigenvalue weighted by atomic mass is 32.2. The van der Waals surface area contributed by atoms with Gasteiger partial charge in [0.05, 0.1) is 0 Å². The van der Waals surface area contributed by atoms with Gasteiger partial charge in [-0.25, -0.2) is 4.79 Å². The van der Waals surface area contributed by atoms with Gasteiger partial charge in [0.15, 0.2) is 0 Å². The van der Waals surface area contributed by atoms with E-state index in [1.165, 1.54) is 5.56 Å². The molecule has 48 heavy (non-hydrogen) atoms. The maximum Gasteiger partial charge on any atom is 0.417 e. The molecule has 0 bridgehead atoms. The summed E-state index contributed by atoms with van der Waals surface area (Å²) in [5.41, 5.74) is 2.13. The molecule has 1 aliphatic carbocycles. The van der Waals surface area contributed by atoms with Crippen LogP contribution in [0.15, 0.2) is 54.6 Å². The van der Waals surface area contributed by atoms with Gasteiger partial charge in [-0.1, -0.05) is 75.1 Å². The molecule has 2 aliphatic rings. The number of hydrogen-bond donors (Lipinski definition) is 3. The molecule has 3 N–H and O–H groups in total. The van der Waals surface area contributed by atoms with Crippen molar-refractivity contribution in [1.29, 1.82) is 0 Å². The number of carbonyl (C=O) groups is 4. The monoisotopic (exact) mass is 679 g/mol. The van der Waals surface area contributed by atoms with Crippen LogP contribution >= 0.6 is 11.9 Å². The number of amides is 4. The Morgan fingerprint density at radius 1 is 0.875 bits per heavy atom. The van der Waals surface area contributed by atoms with Crippen LogP contribution in [-0.4, -0.2) is 76.7 Å². The third kappa shape index (κ3) is 12.1. The zero-order valence-corrected chi connectivity index (χ0v) is 29.8. The van der Waals surface area contributed by atoms with Crippen molar-refractivity contribution in [2.45, 2.75) is 102 Å². The van der Waals surface area contributed by atoms with Crippen molar-refractivity contribution >= 4 is 41.5 Å². The van der Waals surface area contributed by atoms with Crippen LogP contribution in [0.3, 0.4) is 0 Å². The molecule has 1 heterocycles. The van der Waals surface area contributed by atoms with Gasteiger partial charge in [0.2, 0.25) is 17.7 Å². The van der Waals surface area contributed by atoms with Crippen molar-refractivity contribution < 1.29 is 23.9 Å². The number of rotatable bonds is 12. The van der Waals surface area contributed by atoms with Crippen LogP contribution < -0.4 is 15.4 Å². The average Bonchev–Trinajstić information content (AvgIpc) is 3.34. The first-order chi connectivity index (χ1) is 23.0. The van der Waals surface area contributed by atoms with Crippen LogP contribution in [0.5, 0.6) is 0 Å². The minimum absolute atomic E-state index is 0.0747. The standard InChI is InChI=1S/C37H53N5O5S/c1-5-32(43)39-31(35(45)42-23-21-41(22-24-42)26-28-13-9-8-10-14-28)25-27-17-19-30(20-18-27)38-34(44)33(29-15-11-6-7-12-16-29)48-40-36(46)47-37(2,3)4/h8-10,13-14,17-20,29,31,33H,5-7,11-12,15-16,21-26H2,1-4H3,(H,38,44)(H,39,43)(H,40,46)/t31-,33+/m1/s1. The van der Waals surface area contributed by atoms with Gasteiger partial charge in [-0.3, -0.25) is 24.0 Å². The molecule has 262 valence electrons. The molecule has 1 saturated carbocycles. The molecule has 2 aromatic rings. The second-order valence-corrected chi connectivity index (χ2v) is 14.8. The topological polar surface area (TPSA) is 120 Å². The Morgan fingerprint density at radius 3 is 2.12 bits per heavy atom. The Morgan fingerprint density at radius 2 is 1.52 bits per heavy atom. The third-order valence-electron chi connectivity index (χ3n) is 8.80. The fourth-order valence-electron chi connectivity index (χ4n) is 6.25. The molecule has 10 nitrogen and oxygen atoms in total. The van der Waals surface area contributed by atoms with Gasteiger partial charge in [0, 0.05) is 51.3 Å². The number of hydrogen-bond acceptors (Lipinski definition) is 7. The van der Waals surface area contributed by atoms with E-state index in [1.54, 1.807) is 27.7 Å². The van der Waals surface area contributed by atoms with Gasteiger partial charge in [-0.05, 0) is 74.7 Å². The van der Waals surface area contributed by atoms with E-state index in [1.807, 2.05) is 47.4 Å². The van der Waals surface area contributed by atoms with Crippen LogP contribution in [0.2, 0.25) is 0 Å². The van der Waals surface area contributed by atoms with Gasteiger partial charge in [0.1, 0.15) is 16.9 Å². The van der Waals surface area contributed by atoms with Gasteiger partial charge < -0.3 is 20.3 Å². The Balaban J connectivity index is 1.36. The Kier molecular flexibility index (Phi) is 14.2. The predicted octanol–water partition coefficient (Wildman–Crippen LogP) is 5.92. The van der Waals surface area contributed by atoms with E-state index < -0.39 is 23.0 Å². The molecule has 4 amide bonds. The molecular weight excluding hydrogens is 627 g/mol. The van der Waals surface area contributed by atoms with E-state index in [-0.39, 0.29) is 23.6 Å². The lowest BCUT2D eigenvalue weighted by molar-refractivity contribution is -0.138. The third-order valence-corrected chi connectivity index (χ3v) is 9.94. The Bertz CT molecular complexity index is 1330. The van der Waals surface area contributed by atoms with E-state index in [0.29, 0.717) is 31.6 Å². The van der Waals surface area contributed by atoms with Crippen molar-refractivity contribution in [1.82, 2.24) is 19.8 Å². The SMILES string of the molecule is CCC(=O)N[C@H](Cc1ccc(NC(=O)[C@@H](SNC(=O)OC(C)(C)C)C2CCCCCC2)cc1)C(=O)N1CCN(Cc2ccccc2)CC1. The number of anilines is 1. The maximum atomic E-state index is 13.7. The van der Waals surface area contributed by atoms with Crippen LogP contribution in [0, 0.1) is 5.92 Å². The van der Waals surface area contributed by atoms with Crippen molar-refractivity contribution in [2.75, 3.05) is 31.5 Å². The largest absolute Gasteiger partial charge is 0.443 e. The summed E-state index contributed by atoms with van der Waals surface area (Å²) < 4.78 is 8.15. The quantitative estimate of drug-likeness (QED) is 0.188. The zero-order valence-electron chi connectivity index (χ0n) is 29.0. The average molecular weight is 680 g/mol. The van der Waals surface area contributed by atoms with Crippen LogP contribution in [0.4, 0.5) is 10.5 Å². The minimum Gasteiger partial charge on any atom is -0.443 e. The fraction of sp³-hybridized carbons (Fsp3) is 0.568. The van der Waals surface area contributed by atoms with Crippen molar-refractivity contribution in [3.63, 3.8) is 0 Å². The lowest BCUT2D eigenvalue weighted by Crippen LogP contribution is -2.55. The van der Waals surface area contributed by atoms with Gasteiger partial charge >= 0.3 is 6.09 Å². The highest BCUT2D eigenvalue weighted by Gasteiger charge is 2.32. The lowest BCUT2D eigenvalue weighted by Gasteiger charge is -2.36. The highest BCUT2D eigenvalue weighted by molar-refractivity contribution is 7.99. The summed E-state index contributed by atoms with van der Waals surface area (Å²) in [7, 11) is 0. The molecule has 2 aromatic carbocycles. The molecule has 2 atom stereocenters. The number of piperazine rings is 1. The van der Waals surface area contributed by atoms with Gasteiger partial charge in [0.25, 0.3) is 0 Å². The molecular formula is C37H53N5O5S. The molecule has 1 aliphatic heterocycles. The summed E-state index contributed by atoms with van der Waals surface area (Å²) in [4.78, 5) is 56.3. The van der Waals surface area contributed by atoms with Gasteiger partial charge in [-0.15, -0.1) is 0 Å². The first-order valence-electron chi connectivity index (χ1n) is 17.4. The van der Waals surface area contributed by atoms with Crippen LogP contribution in [0.25, 0.3) is 0 Å². The summed E-state index contributed by atoms with van der Waals surface area (Å²) in [5.74, 6) is -0.262. The molecule has 0 spiro atoms. The smallest absolute Gasteiger partial charge is 0.417 e. The normalized spacial score (nSPS) is 17.5. The molecule has 4 rings (SSSR count). The predicted molar refractivity (Wildman–Crippen MR) is 191 cm³/mol. The highest BCUT2D eigenvalue weighted by Crippen LogP contribution is 2.32. The van der Waals surface area contributed by atoms with E-state index in [9.17, 15) is 19.2 Å². The summed E-state index contributed by atoms with van der Waals surface area (Å²) >= 11 is 1.13. The van der Waals surface area contributed by atoms with Crippen LogP contribution in [-0.2, 0) is 32.1 Å². The number of nitrogens with one attached hydrogen (secondary N) is 3. The Hall–Kier alpha value is -3.57. The lowest BCUT2D eigenvalue weighted by atomic mass is 9.95. The Labute approximate surface area is 290 Å². The van der Waals surface area contributed by atoms with E-state index in [0.717, 1.165) is 75.7 Å². The second-order valence-electron chi connectivity index (χ2n) is 13.8. The van der Waals surface area contributed by atoms with Gasteiger partial charge in [-0.2, -0.15) is 0 Å².